The Labute approximate surface area is 120 Å². The number of carboxylic acid groups (broad SMARTS) is 1. The Balaban J connectivity index is 2.65. The zero-order valence-corrected chi connectivity index (χ0v) is 11.4. The minimum absolute atomic E-state index is 0.114. The molecule has 1 aromatic rings. The lowest BCUT2D eigenvalue weighted by molar-refractivity contribution is 0.0690. The first-order valence-corrected chi connectivity index (χ1v) is 6.58. The Bertz CT molecular complexity index is 520. The molecular formula is C14H17F2NO4. The van der Waals surface area contributed by atoms with Gasteiger partial charge in [-0.05, 0) is 25.0 Å². The number of halogens is 2. The number of carbonyl (C=O) groups excluding carboxylic acids is 1. The molecule has 21 heavy (non-hydrogen) atoms. The predicted molar refractivity (Wildman–Crippen MR) is 71.2 cm³/mol. The van der Waals surface area contributed by atoms with Crippen LogP contribution in [-0.2, 0) is 0 Å². The molecule has 0 radical (unpaired) electrons. The van der Waals surface area contributed by atoms with Crippen molar-refractivity contribution in [3.63, 3.8) is 0 Å². The van der Waals surface area contributed by atoms with E-state index in [1.807, 2.05) is 0 Å². The van der Waals surface area contributed by atoms with Crippen molar-refractivity contribution < 1.29 is 28.6 Å². The summed E-state index contributed by atoms with van der Waals surface area (Å²) in [5.41, 5.74) is -0.983. The van der Waals surface area contributed by atoms with Gasteiger partial charge in [-0.3, -0.25) is 4.79 Å². The Morgan fingerprint density at radius 2 is 1.57 bits per heavy atom. The maximum absolute atomic E-state index is 13.1. The zero-order valence-electron chi connectivity index (χ0n) is 11.4. The van der Waals surface area contributed by atoms with Crippen LogP contribution in [0.5, 0.6) is 0 Å². The van der Waals surface area contributed by atoms with Gasteiger partial charge in [-0.2, -0.15) is 0 Å². The molecule has 1 rings (SSSR count). The molecule has 0 atom stereocenters. The van der Waals surface area contributed by atoms with Crippen molar-refractivity contribution in [2.75, 3.05) is 13.2 Å². The third kappa shape index (κ3) is 5.11. The molecule has 5 nitrogen and oxygen atoms in total. The van der Waals surface area contributed by atoms with E-state index in [0.29, 0.717) is 31.5 Å². The van der Waals surface area contributed by atoms with Gasteiger partial charge < -0.3 is 15.5 Å². The van der Waals surface area contributed by atoms with Crippen LogP contribution >= 0.6 is 0 Å². The van der Waals surface area contributed by atoms with Gasteiger partial charge in [0.05, 0.1) is 11.1 Å². The zero-order chi connectivity index (χ0) is 15.8. The summed E-state index contributed by atoms with van der Waals surface area (Å²) in [5.74, 6) is -4.84. The molecule has 0 saturated carbocycles. The summed E-state index contributed by atoms with van der Waals surface area (Å²) in [4.78, 5) is 22.8. The fraction of sp³-hybridized carbons (Fsp3) is 0.429. The van der Waals surface area contributed by atoms with E-state index in [0.717, 1.165) is 12.8 Å². The molecule has 0 bridgehead atoms. The van der Waals surface area contributed by atoms with Crippen molar-refractivity contribution in [1.29, 1.82) is 0 Å². The summed E-state index contributed by atoms with van der Waals surface area (Å²) in [5, 5.41) is 20.0. The fourth-order valence-corrected chi connectivity index (χ4v) is 1.80. The number of hydrogen-bond acceptors (Lipinski definition) is 3. The molecule has 3 N–H and O–H groups in total. The second-order valence-electron chi connectivity index (χ2n) is 4.51. The summed E-state index contributed by atoms with van der Waals surface area (Å²) >= 11 is 0. The third-order valence-electron chi connectivity index (χ3n) is 2.91. The first kappa shape index (κ1) is 17.0. The molecule has 0 aromatic heterocycles. The van der Waals surface area contributed by atoms with Crippen molar-refractivity contribution >= 4 is 11.9 Å². The summed E-state index contributed by atoms with van der Waals surface area (Å²) in [6, 6.07) is 1.08. The van der Waals surface area contributed by atoms with Gasteiger partial charge in [-0.15, -0.1) is 0 Å². The van der Waals surface area contributed by atoms with Crippen molar-refractivity contribution in [2.24, 2.45) is 0 Å². The van der Waals surface area contributed by atoms with Crippen LogP contribution in [0, 0.1) is 11.6 Å². The van der Waals surface area contributed by atoms with Gasteiger partial charge in [0.1, 0.15) is 0 Å². The van der Waals surface area contributed by atoms with Gasteiger partial charge >= 0.3 is 5.97 Å². The molecule has 0 unspecified atom stereocenters. The molecule has 0 aliphatic heterocycles. The highest BCUT2D eigenvalue weighted by atomic mass is 19.2. The highest BCUT2D eigenvalue weighted by molar-refractivity contribution is 6.04. The molecule has 0 aliphatic carbocycles. The average molecular weight is 301 g/mol. The molecule has 0 heterocycles. The highest BCUT2D eigenvalue weighted by Gasteiger charge is 2.20. The molecule has 0 spiro atoms. The van der Waals surface area contributed by atoms with Crippen molar-refractivity contribution in [1.82, 2.24) is 5.32 Å². The molecule has 7 heteroatoms. The van der Waals surface area contributed by atoms with Crippen LogP contribution < -0.4 is 5.32 Å². The largest absolute Gasteiger partial charge is 0.478 e. The smallest absolute Gasteiger partial charge is 0.336 e. The van der Waals surface area contributed by atoms with E-state index in [1.165, 1.54) is 0 Å². The third-order valence-corrected chi connectivity index (χ3v) is 2.91. The van der Waals surface area contributed by atoms with Crippen molar-refractivity contribution in [3.8, 4) is 0 Å². The summed E-state index contributed by atoms with van der Waals surface area (Å²) in [7, 11) is 0. The van der Waals surface area contributed by atoms with Gasteiger partial charge in [0.2, 0.25) is 0 Å². The number of hydrogen-bond donors (Lipinski definition) is 3. The molecule has 1 amide bonds. The van der Waals surface area contributed by atoms with Crippen molar-refractivity contribution in [3.05, 3.63) is 34.9 Å². The summed E-state index contributed by atoms with van der Waals surface area (Å²) in [6.07, 6.45) is 2.94. The lowest BCUT2D eigenvalue weighted by atomic mass is 10.1. The molecule has 116 valence electrons. The minimum Gasteiger partial charge on any atom is -0.478 e. The predicted octanol–water partition coefficient (Wildman–Crippen LogP) is 1.95. The number of carboxylic acids is 1. The number of unbranched alkanes of at least 4 members (excludes halogenated alkanes) is 3. The molecule has 0 aliphatic rings. The van der Waals surface area contributed by atoms with Gasteiger partial charge in [-0.25, -0.2) is 13.6 Å². The Morgan fingerprint density at radius 1 is 1.00 bits per heavy atom. The number of benzene rings is 1. The first-order chi connectivity index (χ1) is 9.97. The summed E-state index contributed by atoms with van der Waals surface area (Å²) < 4.78 is 26.2. The normalized spacial score (nSPS) is 10.4. The van der Waals surface area contributed by atoms with E-state index in [4.69, 9.17) is 10.2 Å². The van der Waals surface area contributed by atoms with E-state index in [2.05, 4.69) is 5.32 Å². The van der Waals surface area contributed by atoms with E-state index >= 15 is 0 Å². The number of nitrogens with one attached hydrogen (secondary N) is 1. The van der Waals surface area contributed by atoms with E-state index < -0.39 is 34.6 Å². The van der Waals surface area contributed by atoms with E-state index in [1.54, 1.807) is 0 Å². The number of amides is 1. The van der Waals surface area contributed by atoms with Crippen molar-refractivity contribution in [2.45, 2.75) is 25.7 Å². The van der Waals surface area contributed by atoms with Gasteiger partial charge in [0.15, 0.2) is 11.6 Å². The van der Waals surface area contributed by atoms with Crippen LogP contribution in [0.3, 0.4) is 0 Å². The quantitative estimate of drug-likeness (QED) is 0.640. The summed E-state index contributed by atoms with van der Waals surface area (Å²) in [6.45, 7) is 0.408. The number of rotatable bonds is 8. The minimum atomic E-state index is -1.50. The Kier molecular flexibility index (Phi) is 6.74. The first-order valence-electron chi connectivity index (χ1n) is 6.58. The average Bonchev–Trinajstić information content (AvgIpc) is 2.44. The number of carbonyl (C=O) groups is 2. The Morgan fingerprint density at radius 3 is 2.14 bits per heavy atom. The standard InChI is InChI=1S/C14H17F2NO4/c15-11-7-9(10(14(20)21)8-12(11)16)13(19)17-5-3-1-2-4-6-18/h7-8,18H,1-6H2,(H,17,19)(H,20,21). The lowest BCUT2D eigenvalue weighted by Crippen LogP contribution is -2.26. The van der Waals surface area contributed by atoms with Gasteiger partial charge in [0, 0.05) is 13.2 Å². The van der Waals surface area contributed by atoms with E-state index in [-0.39, 0.29) is 6.61 Å². The topological polar surface area (TPSA) is 86.6 Å². The maximum atomic E-state index is 13.1. The van der Waals surface area contributed by atoms with Crippen LogP contribution in [0.15, 0.2) is 12.1 Å². The second kappa shape index (κ2) is 8.31. The van der Waals surface area contributed by atoms with Gasteiger partial charge in [-0.1, -0.05) is 12.8 Å². The fourth-order valence-electron chi connectivity index (χ4n) is 1.80. The van der Waals surface area contributed by atoms with Gasteiger partial charge in [0.25, 0.3) is 5.91 Å². The van der Waals surface area contributed by atoms with E-state index in [9.17, 15) is 18.4 Å². The molecular weight excluding hydrogens is 284 g/mol. The number of aromatic carboxylic acids is 1. The second-order valence-corrected chi connectivity index (χ2v) is 4.51. The van der Waals surface area contributed by atoms with Crippen LogP contribution in [-0.4, -0.2) is 35.2 Å². The maximum Gasteiger partial charge on any atom is 0.336 e. The molecule has 0 fully saturated rings. The van der Waals surface area contributed by atoms with Crippen LogP contribution in [0.1, 0.15) is 46.4 Å². The lowest BCUT2D eigenvalue weighted by Gasteiger charge is -2.08. The molecule has 1 aromatic carbocycles. The molecule has 0 saturated heterocycles. The monoisotopic (exact) mass is 301 g/mol. The number of aliphatic hydroxyl groups excluding tert-OH is 1. The van der Waals surface area contributed by atoms with Crippen LogP contribution in [0.25, 0.3) is 0 Å². The van der Waals surface area contributed by atoms with Crippen LogP contribution in [0.4, 0.5) is 8.78 Å². The highest BCUT2D eigenvalue weighted by Crippen LogP contribution is 2.15. The SMILES string of the molecule is O=C(O)c1cc(F)c(F)cc1C(=O)NCCCCCCO. The Hall–Kier alpha value is -2.02. The van der Waals surface area contributed by atoms with Crippen LogP contribution in [0.2, 0.25) is 0 Å². The number of aliphatic hydroxyl groups is 1.